The van der Waals surface area contributed by atoms with Gasteiger partial charge in [-0.25, -0.2) is 4.39 Å². The molecule has 1 unspecified atom stereocenters. The molecular formula is C13H20FNO. The van der Waals surface area contributed by atoms with Gasteiger partial charge in [0.1, 0.15) is 6.61 Å². The number of likely N-dealkylation sites (N-methyl/N-ethyl adjacent to an activating group) is 1. The van der Waals surface area contributed by atoms with Crippen LogP contribution in [0.15, 0.2) is 18.2 Å². The van der Waals surface area contributed by atoms with Crippen LogP contribution in [-0.4, -0.2) is 19.7 Å². The summed E-state index contributed by atoms with van der Waals surface area (Å²) in [6, 6.07) is 5.20. The van der Waals surface area contributed by atoms with Crippen LogP contribution in [-0.2, 0) is 0 Å². The molecule has 2 nitrogen and oxygen atoms in total. The number of ether oxygens (including phenoxy) is 1. The van der Waals surface area contributed by atoms with E-state index in [1.54, 1.807) is 12.1 Å². The maximum absolute atomic E-state index is 13.4. The van der Waals surface area contributed by atoms with Gasteiger partial charge in [0.25, 0.3) is 0 Å². The summed E-state index contributed by atoms with van der Waals surface area (Å²) in [5.41, 5.74) is 1.01. The molecule has 0 aromatic heterocycles. The van der Waals surface area contributed by atoms with Crippen molar-refractivity contribution in [2.24, 2.45) is 0 Å². The van der Waals surface area contributed by atoms with Crippen molar-refractivity contribution in [2.75, 3.05) is 13.7 Å². The van der Waals surface area contributed by atoms with E-state index >= 15 is 0 Å². The lowest BCUT2D eigenvalue weighted by molar-refractivity contribution is 0.252. The Morgan fingerprint density at radius 3 is 2.81 bits per heavy atom. The van der Waals surface area contributed by atoms with Crippen molar-refractivity contribution in [1.82, 2.24) is 5.32 Å². The fraction of sp³-hybridized carbons (Fsp3) is 0.538. The van der Waals surface area contributed by atoms with Crippen LogP contribution in [0.2, 0.25) is 0 Å². The molecule has 0 radical (unpaired) electrons. The van der Waals surface area contributed by atoms with E-state index in [2.05, 4.69) is 12.2 Å². The van der Waals surface area contributed by atoms with Gasteiger partial charge in [-0.2, -0.15) is 0 Å². The average molecular weight is 225 g/mol. The number of nitrogens with one attached hydrogen (secondary N) is 1. The van der Waals surface area contributed by atoms with Crippen molar-refractivity contribution < 1.29 is 9.13 Å². The van der Waals surface area contributed by atoms with Gasteiger partial charge in [0.15, 0.2) is 11.6 Å². The van der Waals surface area contributed by atoms with Gasteiger partial charge >= 0.3 is 0 Å². The van der Waals surface area contributed by atoms with E-state index in [0.717, 1.165) is 18.4 Å². The van der Waals surface area contributed by atoms with Crippen LogP contribution < -0.4 is 10.1 Å². The first-order chi connectivity index (χ1) is 7.67. The van der Waals surface area contributed by atoms with Crippen molar-refractivity contribution in [3.8, 4) is 5.75 Å². The van der Waals surface area contributed by atoms with E-state index in [1.807, 2.05) is 14.0 Å². The number of halogens is 1. The monoisotopic (exact) mass is 225 g/mol. The third-order valence-electron chi connectivity index (χ3n) is 2.57. The van der Waals surface area contributed by atoms with E-state index in [0.29, 0.717) is 12.4 Å². The largest absolute Gasteiger partial charge is 0.489 e. The van der Waals surface area contributed by atoms with Gasteiger partial charge in [-0.1, -0.05) is 19.4 Å². The standard InChI is InChI=1S/C13H20FNO/c1-4-5-11(15-3)9-16-13-8-10(2)6-7-12(13)14/h6-8,11,15H,4-5,9H2,1-3H3. The quantitative estimate of drug-likeness (QED) is 0.803. The Morgan fingerprint density at radius 2 is 2.19 bits per heavy atom. The van der Waals surface area contributed by atoms with Crippen molar-refractivity contribution in [1.29, 1.82) is 0 Å². The molecule has 16 heavy (non-hydrogen) atoms. The molecule has 0 fully saturated rings. The highest BCUT2D eigenvalue weighted by atomic mass is 19.1. The molecule has 0 amide bonds. The molecule has 1 aromatic carbocycles. The van der Waals surface area contributed by atoms with Gasteiger partial charge in [-0.3, -0.25) is 0 Å². The minimum absolute atomic E-state index is 0.282. The van der Waals surface area contributed by atoms with E-state index in [1.165, 1.54) is 6.07 Å². The van der Waals surface area contributed by atoms with E-state index < -0.39 is 0 Å². The van der Waals surface area contributed by atoms with Crippen molar-refractivity contribution >= 4 is 0 Å². The van der Waals surface area contributed by atoms with Crippen LogP contribution in [0.4, 0.5) is 4.39 Å². The molecule has 0 aliphatic heterocycles. The Hall–Kier alpha value is -1.09. The molecule has 0 saturated heterocycles. The van der Waals surface area contributed by atoms with Gasteiger partial charge in [0, 0.05) is 6.04 Å². The third kappa shape index (κ3) is 3.81. The highest BCUT2D eigenvalue weighted by Gasteiger charge is 2.08. The van der Waals surface area contributed by atoms with Crippen molar-refractivity contribution in [3.63, 3.8) is 0 Å². The van der Waals surface area contributed by atoms with Crippen molar-refractivity contribution in [3.05, 3.63) is 29.6 Å². The van der Waals surface area contributed by atoms with E-state index in [9.17, 15) is 4.39 Å². The topological polar surface area (TPSA) is 21.3 Å². The smallest absolute Gasteiger partial charge is 0.165 e. The van der Waals surface area contributed by atoms with Crippen LogP contribution in [0.5, 0.6) is 5.75 Å². The summed E-state index contributed by atoms with van der Waals surface area (Å²) in [6.45, 7) is 4.55. The molecule has 1 aromatic rings. The fourth-order valence-corrected chi connectivity index (χ4v) is 1.57. The van der Waals surface area contributed by atoms with Gasteiger partial charge in [-0.05, 0) is 38.1 Å². The van der Waals surface area contributed by atoms with Gasteiger partial charge in [-0.15, -0.1) is 0 Å². The van der Waals surface area contributed by atoms with Gasteiger partial charge in [0.05, 0.1) is 0 Å². The zero-order valence-corrected chi connectivity index (χ0v) is 10.2. The number of hydrogen-bond acceptors (Lipinski definition) is 2. The molecule has 0 spiro atoms. The first-order valence-electron chi connectivity index (χ1n) is 5.73. The fourth-order valence-electron chi connectivity index (χ4n) is 1.57. The predicted octanol–water partition coefficient (Wildman–Crippen LogP) is 2.90. The Kier molecular flexibility index (Phi) is 5.26. The van der Waals surface area contributed by atoms with Crippen LogP contribution in [0.3, 0.4) is 0 Å². The van der Waals surface area contributed by atoms with Gasteiger partial charge < -0.3 is 10.1 Å². The average Bonchev–Trinajstić information content (AvgIpc) is 2.28. The molecule has 1 N–H and O–H groups in total. The molecule has 0 bridgehead atoms. The Morgan fingerprint density at radius 1 is 1.44 bits per heavy atom. The Balaban J connectivity index is 2.55. The first kappa shape index (κ1) is 13.0. The third-order valence-corrected chi connectivity index (χ3v) is 2.57. The second-order valence-corrected chi connectivity index (χ2v) is 4.02. The summed E-state index contributed by atoms with van der Waals surface area (Å²) in [7, 11) is 1.90. The normalized spacial score (nSPS) is 12.5. The Bertz CT molecular complexity index is 328. The van der Waals surface area contributed by atoms with E-state index in [4.69, 9.17) is 4.74 Å². The zero-order chi connectivity index (χ0) is 12.0. The van der Waals surface area contributed by atoms with E-state index in [-0.39, 0.29) is 11.9 Å². The lowest BCUT2D eigenvalue weighted by Gasteiger charge is -2.16. The van der Waals surface area contributed by atoms with Crippen LogP contribution in [0.1, 0.15) is 25.3 Å². The predicted molar refractivity (Wildman–Crippen MR) is 64.4 cm³/mol. The number of hydrogen-bond donors (Lipinski definition) is 1. The molecular weight excluding hydrogens is 205 g/mol. The number of rotatable bonds is 6. The molecule has 0 heterocycles. The molecule has 0 aliphatic rings. The lowest BCUT2D eigenvalue weighted by Crippen LogP contribution is -2.31. The minimum Gasteiger partial charge on any atom is -0.489 e. The molecule has 90 valence electrons. The minimum atomic E-state index is -0.294. The summed E-state index contributed by atoms with van der Waals surface area (Å²) in [6.07, 6.45) is 2.12. The molecule has 3 heteroatoms. The summed E-state index contributed by atoms with van der Waals surface area (Å²) < 4.78 is 18.9. The van der Waals surface area contributed by atoms with Gasteiger partial charge in [0.2, 0.25) is 0 Å². The summed E-state index contributed by atoms with van der Waals surface area (Å²) in [5, 5.41) is 3.16. The van der Waals surface area contributed by atoms with Crippen LogP contribution in [0, 0.1) is 12.7 Å². The summed E-state index contributed by atoms with van der Waals surface area (Å²) in [5.74, 6) is 0.0494. The maximum atomic E-state index is 13.4. The second-order valence-electron chi connectivity index (χ2n) is 4.02. The highest BCUT2D eigenvalue weighted by molar-refractivity contribution is 5.29. The molecule has 0 saturated carbocycles. The lowest BCUT2D eigenvalue weighted by atomic mass is 10.2. The molecule has 1 atom stereocenters. The first-order valence-corrected chi connectivity index (χ1v) is 5.73. The number of benzene rings is 1. The second kappa shape index (κ2) is 6.48. The maximum Gasteiger partial charge on any atom is 0.165 e. The summed E-state index contributed by atoms with van der Waals surface area (Å²) >= 11 is 0. The van der Waals surface area contributed by atoms with Crippen LogP contribution in [0.25, 0.3) is 0 Å². The van der Waals surface area contributed by atoms with Crippen LogP contribution >= 0.6 is 0 Å². The Labute approximate surface area is 96.8 Å². The summed E-state index contributed by atoms with van der Waals surface area (Å²) in [4.78, 5) is 0. The highest BCUT2D eigenvalue weighted by Crippen LogP contribution is 2.18. The van der Waals surface area contributed by atoms with Crippen molar-refractivity contribution in [2.45, 2.75) is 32.7 Å². The number of aryl methyl sites for hydroxylation is 1. The molecule has 1 rings (SSSR count). The SMILES string of the molecule is CCCC(COc1cc(C)ccc1F)NC. The zero-order valence-electron chi connectivity index (χ0n) is 10.2. The molecule has 0 aliphatic carbocycles.